The molecular weight excluding hydrogens is 461 g/mol. The Morgan fingerprint density at radius 3 is 2.57 bits per heavy atom. The smallest absolute Gasteiger partial charge is 0.350 e. The van der Waals surface area contributed by atoms with E-state index in [1.54, 1.807) is 29.7 Å². The van der Waals surface area contributed by atoms with E-state index >= 15 is 0 Å². The van der Waals surface area contributed by atoms with Gasteiger partial charge in [-0.25, -0.2) is 9.97 Å². The van der Waals surface area contributed by atoms with E-state index in [2.05, 4.69) is 30.7 Å². The van der Waals surface area contributed by atoms with Crippen molar-refractivity contribution in [1.82, 2.24) is 24.7 Å². The number of nitrogens with one attached hydrogen (secondary N) is 2. The van der Waals surface area contributed by atoms with Crippen molar-refractivity contribution in [3.63, 3.8) is 0 Å². The SMILES string of the molecule is Cc1nc(NCc2cnn(Cc3ccc(C(F)(F)F)nc3C(C)(C)C)c2)nc2c1NC(=O)CN2C. The fourth-order valence-electron chi connectivity index (χ4n) is 3.89. The fraction of sp³-hybridized carbons (Fsp3) is 0.435. The first-order valence-corrected chi connectivity index (χ1v) is 11.0. The van der Waals surface area contributed by atoms with Crippen LogP contribution in [-0.4, -0.2) is 44.2 Å². The number of alkyl halides is 3. The maximum absolute atomic E-state index is 13.2. The van der Waals surface area contributed by atoms with Crippen LogP contribution in [0, 0.1) is 6.92 Å². The summed E-state index contributed by atoms with van der Waals surface area (Å²) < 4.78 is 41.2. The molecule has 0 fully saturated rings. The van der Waals surface area contributed by atoms with Gasteiger partial charge >= 0.3 is 6.18 Å². The van der Waals surface area contributed by atoms with E-state index in [-0.39, 0.29) is 19.0 Å². The largest absolute Gasteiger partial charge is 0.433 e. The number of halogens is 3. The number of likely N-dealkylation sites (N-methyl/N-ethyl adjacent to an activating group) is 1. The van der Waals surface area contributed by atoms with E-state index in [0.717, 1.165) is 11.6 Å². The highest BCUT2D eigenvalue weighted by atomic mass is 19.4. The quantitative estimate of drug-likeness (QED) is 0.564. The van der Waals surface area contributed by atoms with Crippen molar-refractivity contribution in [2.24, 2.45) is 0 Å². The predicted octanol–water partition coefficient (Wildman–Crippen LogP) is 3.74. The van der Waals surface area contributed by atoms with Gasteiger partial charge in [0, 0.05) is 30.8 Å². The number of hydrogen-bond donors (Lipinski definition) is 2. The zero-order valence-electron chi connectivity index (χ0n) is 20.2. The minimum absolute atomic E-state index is 0.113. The summed E-state index contributed by atoms with van der Waals surface area (Å²) in [7, 11) is 1.79. The standard InChI is InChI=1S/C23H27F3N8O/c1-13-18-20(33(5)12-17(35)31-18)32-21(29-13)27-8-14-9-28-34(10-14)11-15-6-7-16(23(24,25)26)30-19(15)22(2,3)4/h6-7,9-10H,8,11-12H2,1-5H3,(H,31,35)(H,27,29,32). The lowest BCUT2D eigenvalue weighted by atomic mass is 9.88. The number of aromatic nitrogens is 5. The third-order valence-corrected chi connectivity index (χ3v) is 5.53. The van der Waals surface area contributed by atoms with Crippen LogP contribution in [0.25, 0.3) is 0 Å². The Hall–Kier alpha value is -3.70. The second-order valence-corrected chi connectivity index (χ2v) is 9.59. The van der Waals surface area contributed by atoms with Crippen LogP contribution < -0.4 is 15.5 Å². The predicted molar refractivity (Wildman–Crippen MR) is 125 cm³/mol. The van der Waals surface area contributed by atoms with Crippen LogP contribution in [0.4, 0.5) is 30.6 Å². The Morgan fingerprint density at radius 2 is 1.89 bits per heavy atom. The number of pyridine rings is 1. The van der Waals surface area contributed by atoms with Crippen molar-refractivity contribution in [1.29, 1.82) is 0 Å². The molecule has 186 valence electrons. The zero-order valence-corrected chi connectivity index (χ0v) is 20.2. The first-order valence-electron chi connectivity index (χ1n) is 11.0. The lowest BCUT2D eigenvalue weighted by Crippen LogP contribution is -2.36. The fourth-order valence-corrected chi connectivity index (χ4v) is 3.89. The van der Waals surface area contributed by atoms with Gasteiger partial charge in [-0.3, -0.25) is 9.48 Å². The van der Waals surface area contributed by atoms with Crippen molar-refractivity contribution in [3.8, 4) is 0 Å². The molecule has 12 heteroatoms. The Morgan fingerprint density at radius 1 is 1.14 bits per heavy atom. The molecule has 4 rings (SSSR count). The van der Waals surface area contributed by atoms with E-state index in [1.807, 2.05) is 27.0 Å². The summed E-state index contributed by atoms with van der Waals surface area (Å²) in [6.07, 6.45) is -1.01. The summed E-state index contributed by atoms with van der Waals surface area (Å²) in [6.45, 7) is 8.20. The number of fused-ring (bicyclic) bond motifs is 1. The number of amides is 1. The van der Waals surface area contributed by atoms with E-state index in [4.69, 9.17) is 0 Å². The molecule has 4 heterocycles. The van der Waals surface area contributed by atoms with Crippen LogP contribution in [-0.2, 0) is 29.5 Å². The minimum atomic E-state index is -4.50. The molecule has 9 nitrogen and oxygen atoms in total. The Labute approximate surface area is 200 Å². The van der Waals surface area contributed by atoms with Gasteiger partial charge in [-0.05, 0) is 18.6 Å². The third-order valence-electron chi connectivity index (χ3n) is 5.53. The van der Waals surface area contributed by atoms with E-state index in [9.17, 15) is 18.0 Å². The van der Waals surface area contributed by atoms with Crippen molar-refractivity contribution < 1.29 is 18.0 Å². The number of aryl methyl sites for hydroxylation is 1. The molecule has 0 aliphatic carbocycles. The van der Waals surface area contributed by atoms with Gasteiger partial charge in [0.2, 0.25) is 11.9 Å². The van der Waals surface area contributed by atoms with Gasteiger partial charge in [-0.2, -0.15) is 23.3 Å². The molecule has 0 unspecified atom stereocenters. The summed E-state index contributed by atoms with van der Waals surface area (Å²) in [5.74, 6) is 0.941. The lowest BCUT2D eigenvalue weighted by Gasteiger charge is -2.27. The van der Waals surface area contributed by atoms with Gasteiger partial charge in [-0.15, -0.1) is 0 Å². The molecule has 1 aliphatic rings. The molecule has 2 N–H and O–H groups in total. The molecule has 0 atom stereocenters. The molecule has 1 aliphatic heterocycles. The van der Waals surface area contributed by atoms with Gasteiger partial charge in [0.25, 0.3) is 0 Å². The van der Waals surface area contributed by atoms with Crippen LogP contribution in [0.15, 0.2) is 24.5 Å². The van der Waals surface area contributed by atoms with Gasteiger partial charge in [0.05, 0.1) is 30.7 Å². The van der Waals surface area contributed by atoms with Crippen LogP contribution in [0.5, 0.6) is 0 Å². The molecule has 3 aromatic heterocycles. The molecule has 0 saturated heterocycles. The normalized spacial score (nSPS) is 14.1. The molecule has 35 heavy (non-hydrogen) atoms. The topological polar surface area (TPSA) is 101 Å². The average Bonchev–Trinajstić information content (AvgIpc) is 3.19. The number of anilines is 3. The van der Waals surface area contributed by atoms with Gasteiger partial charge in [-0.1, -0.05) is 26.8 Å². The second kappa shape index (κ2) is 8.82. The van der Waals surface area contributed by atoms with Crippen molar-refractivity contribution in [3.05, 3.63) is 52.7 Å². The summed E-state index contributed by atoms with van der Waals surface area (Å²) >= 11 is 0. The van der Waals surface area contributed by atoms with E-state index in [1.165, 1.54) is 6.07 Å². The molecule has 0 aromatic carbocycles. The monoisotopic (exact) mass is 488 g/mol. The van der Waals surface area contributed by atoms with Crippen molar-refractivity contribution in [2.45, 2.75) is 52.4 Å². The highest BCUT2D eigenvalue weighted by Gasteiger charge is 2.34. The van der Waals surface area contributed by atoms with Gasteiger partial charge in [0.1, 0.15) is 11.4 Å². The number of rotatable bonds is 5. The number of nitrogens with zero attached hydrogens (tertiary/aromatic N) is 6. The van der Waals surface area contributed by atoms with Crippen molar-refractivity contribution in [2.75, 3.05) is 29.1 Å². The maximum Gasteiger partial charge on any atom is 0.433 e. The van der Waals surface area contributed by atoms with Gasteiger partial charge in [0.15, 0.2) is 5.82 Å². The summed E-state index contributed by atoms with van der Waals surface area (Å²) in [5, 5.41) is 10.3. The molecule has 0 saturated carbocycles. The molecular formula is C23H27F3N8O. The molecule has 0 bridgehead atoms. The summed E-state index contributed by atoms with van der Waals surface area (Å²) in [5.41, 5.74) is 1.69. The molecule has 3 aromatic rings. The van der Waals surface area contributed by atoms with Crippen LogP contribution >= 0.6 is 0 Å². The highest BCUT2D eigenvalue weighted by molar-refractivity contribution is 6.00. The number of carbonyl (C=O) groups excluding carboxylic acids is 1. The van der Waals surface area contributed by atoms with Crippen LogP contribution in [0.2, 0.25) is 0 Å². The van der Waals surface area contributed by atoms with Crippen molar-refractivity contribution >= 4 is 23.4 Å². The zero-order chi connectivity index (χ0) is 25.5. The third kappa shape index (κ3) is 5.36. The van der Waals surface area contributed by atoms with E-state index in [0.29, 0.717) is 40.9 Å². The first kappa shape index (κ1) is 24.4. The average molecular weight is 489 g/mol. The second-order valence-electron chi connectivity index (χ2n) is 9.59. The van der Waals surface area contributed by atoms with Crippen LogP contribution in [0.3, 0.4) is 0 Å². The molecule has 0 radical (unpaired) electrons. The Kier molecular flexibility index (Phi) is 6.16. The van der Waals surface area contributed by atoms with Gasteiger partial charge < -0.3 is 15.5 Å². The number of hydrogen-bond acceptors (Lipinski definition) is 7. The van der Waals surface area contributed by atoms with E-state index < -0.39 is 17.3 Å². The molecule has 1 amide bonds. The Bertz CT molecular complexity index is 1260. The lowest BCUT2D eigenvalue weighted by molar-refractivity contribution is -0.141. The number of carbonyl (C=O) groups is 1. The summed E-state index contributed by atoms with van der Waals surface area (Å²) in [4.78, 5) is 26.4. The first-order chi connectivity index (χ1) is 16.3. The highest BCUT2D eigenvalue weighted by Crippen LogP contribution is 2.32. The van der Waals surface area contributed by atoms with Crippen LogP contribution in [0.1, 0.15) is 49.0 Å². The molecule has 0 spiro atoms. The maximum atomic E-state index is 13.2. The summed E-state index contributed by atoms with van der Waals surface area (Å²) in [6, 6.07) is 2.47. The minimum Gasteiger partial charge on any atom is -0.350 e. The Balaban J connectivity index is 1.49.